The van der Waals surface area contributed by atoms with E-state index in [-0.39, 0.29) is 10.4 Å². The molecule has 0 amide bonds. The van der Waals surface area contributed by atoms with E-state index in [9.17, 15) is 18.0 Å². The Kier molecular flexibility index (Phi) is 5.26. The Hall–Kier alpha value is -3.85. The molecule has 0 saturated heterocycles. The first-order chi connectivity index (χ1) is 15.9. The molecular formula is C24H22N4O4S. The van der Waals surface area contributed by atoms with E-state index in [0.29, 0.717) is 11.2 Å². The summed E-state index contributed by atoms with van der Waals surface area (Å²) in [5.74, 6) is 0. The molecule has 0 atom stereocenters. The number of sulfonamides is 1. The van der Waals surface area contributed by atoms with E-state index in [1.54, 1.807) is 6.07 Å². The zero-order valence-corrected chi connectivity index (χ0v) is 18.5. The minimum atomic E-state index is -3.89. The Morgan fingerprint density at radius 2 is 1.64 bits per heavy atom. The van der Waals surface area contributed by atoms with Crippen LogP contribution in [-0.2, 0) is 23.0 Å². The van der Waals surface area contributed by atoms with Crippen molar-refractivity contribution in [2.24, 2.45) is 0 Å². The van der Waals surface area contributed by atoms with Crippen LogP contribution in [-0.4, -0.2) is 24.9 Å². The minimum Gasteiger partial charge on any atom is -0.367 e. The van der Waals surface area contributed by atoms with Gasteiger partial charge in [0.2, 0.25) is 0 Å². The van der Waals surface area contributed by atoms with Crippen LogP contribution in [0.5, 0.6) is 0 Å². The van der Waals surface area contributed by atoms with Crippen molar-refractivity contribution >= 4 is 32.4 Å². The lowest BCUT2D eigenvalue weighted by molar-refractivity contribution is 0.601. The standard InChI is InChI=1S/C24H22N4O4S/c29-23-24(30)26-21-14-19(9-10-20(21)25-23)33(31,32)27-18-8-11-22-17(13-18)7-4-12-28(22)15-16-5-2-1-3-6-16/h1-3,5-6,8-11,13-14,27H,4,7,12,15H2,(H,25,29)(H,26,30). The van der Waals surface area contributed by atoms with Gasteiger partial charge in [-0.25, -0.2) is 8.42 Å². The van der Waals surface area contributed by atoms with Gasteiger partial charge < -0.3 is 14.9 Å². The van der Waals surface area contributed by atoms with E-state index in [0.717, 1.165) is 37.2 Å². The van der Waals surface area contributed by atoms with Crippen molar-refractivity contribution in [2.45, 2.75) is 24.3 Å². The maximum atomic E-state index is 13.0. The van der Waals surface area contributed by atoms with Gasteiger partial charge in [0.25, 0.3) is 10.0 Å². The van der Waals surface area contributed by atoms with Gasteiger partial charge >= 0.3 is 11.1 Å². The molecule has 2 heterocycles. The number of aromatic amines is 2. The molecule has 1 aliphatic heterocycles. The smallest absolute Gasteiger partial charge is 0.314 e. The van der Waals surface area contributed by atoms with Crippen LogP contribution >= 0.6 is 0 Å². The first-order valence-electron chi connectivity index (χ1n) is 10.6. The summed E-state index contributed by atoms with van der Waals surface area (Å²) in [6.07, 6.45) is 1.87. The Morgan fingerprint density at radius 1 is 0.879 bits per heavy atom. The third-order valence-electron chi connectivity index (χ3n) is 5.77. The largest absolute Gasteiger partial charge is 0.367 e. The van der Waals surface area contributed by atoms with Crippen molar-refractivity contribution in [3.8, 4) is 0 Å². The van der Waals surface area contributed by atoms with Crippen molar-refractivity contribution in [1.29, 1.82) is 0 Å². The molecule has 3 aromatic carbocycles. The lowest BCUT2D eigenvalue weighted by atomic mass is 10.0. The van der Waals surface area contributed by atoms with E-state index in [1.807, 2.05) is 30.3 Å². The monoisotopic (exact) mass is 462 g/mol. The maximum Gasteiger partial charge on any atom is 0.314 e. The second-order valence-electron chi connectivity index (χ2n) is 8.08. The van der Waals surface area contributed by atoms with E-state index in [4.69, 9.17) is 0 Å². The lowest BCUT2D eigenvalue weighted by Crippen LogP contribution is -2.29. The predicted octanol–water partition coefficient (Wildman–Crippen LogP) is 2.97. The summed E-state index contributed by atoms with van der Waals surface area (Å²) < 4.78 is 28.6. The van der Waals surface area contributed by atoms with Gasteiger partial charge in [-0.3, -0.25) is 14.3 Å². The number of anilines is 2. The SMILES string of the molecule is O=c1[nH]c2ccc(S(=O)(=O)Nc3ccc4c(c3)CCCN4Cc3ccccc3)cc2[nH]c1=O. The van der Waals surface area contributed by atoms with Gasteiger partial charge in [0.05, 0.1) is 15.9 Å². The number of aromatic nitrogens is 2. The number of fused-ring (bicyclic) bond motifs is 2. The fourth-order valence-electron chi connectivity index (χ4n) is 4.18. The van der Waals surface area contributed by atoms with Crippen LogP contribution in [0.25, 0.3) is 11.0 Å². The second-order valence-corrected chi connectivity index (χ2v) is 9.76. The van der Waals surface area contributed by atoms with E-state index in [1.165, 1.54) is 23.8 Å². The zero-order chi connectivity index (χ0) is 23.0. The third-order valence-corrected chi connectivity index (χ3v) is 7.15. The highest BCUT2D eigenvalue weighted by molar-refractivity contribution is 7.92. The number of nitrogens with one attached hydrogen (secondary N) is 3. The number of H-pyrrole nitrogens is 2. The van der Waals surface area contributed by atoms with Crippen LogP contribution in [0.15, 0.2) is 81.2 Å². The highest BCUT2D eigenvalue weighted by atomic mass is 32.2. The first-order valence-corrected chi connectivity index (χ1v) is 12.1. The van der Waals surface area contributed by atoms with Gasteiger partial charge in [0.15, 0.2) is 0 Å². The third kappa shape index (κ3) is 4.27. The molecule has 0 fully saturated rings. The van der Waals surface area contributed by atoms with Crippen molar-refractivity contribution in [2.75, 3.05) is 16.2 Å². The van der Waals surface area contributed by atoms with Gasteiger partial charge in [-0.2, -0.15) is 0 Å². The molecule has 0 saturated carbocycles. The summed E-state index contributed by atoms with van der Waals surface area (Å²) in [5.41, 5.74) is 2.89. The van der Waals surface area contributed by atoms with Crippen LogP contribution in [0, 0.1) is 0 Å². The van der Waals surface area contributed by atoms with Crippen molar-refractivity contribution < 1.29 is 8.42 Å². The second kappa shape index (κ2) is 8.25. The van der Waals surface area contributed by atoms with E-state index < -0.39 is 21.1 Å². The lowest BCUT2D eigenvalue weighted by Gasteiger charge is -2.31. The van der Waals surface area contributed by atoms with Crippen molar-refractivity contribution in [3.63, 3.8) is 0 Å². The van der Waals surface area contributed by atoms with Crippen LogP contribution in [0.3, 0.4) is 0 Å². The van der Waals surface area contributed by atoms with Crippen molar-refractivity contribution in [3.05, 3.63) is 98.6 Å². The Morgan fingerprint density at radius 3 is 2.42 bits per heavy atom. The van der Waals surface area contributed by atoms with Gasteiger partial charge in [0.1, 0.15) is 0 Å². The van der Waals surface area contributed by atoms with Crippen molar-refractivity contribution in [1.82, 2.24) is 9.97 Å². The Labute approximate surface area is 190 Å². The van der Waals surface area contributed by atoms with Gasteiger partial charge in [0, 0.05) is 24.5 Å². The highest BCUT2D eigenvalue weighted by Gasteiger charge is 2.20. The average Bonchev–Trinajstić information content (AvgIpc) is 2.80. The molecular weight excluding hydrogens is 440 g/mol. The summed E-state index contributed by atoms with van der Waals surface area (Å²) in [7, 11) is -3.89. The molecule has 1 aromatic heterocycles. The van der Waals surface area contributed by atoms with E-state index >= 15 is 0 Å². The molecule has 33 heavy (non-hydrogen) atoms. The summed E-state index contributed by atoms with van der Waals surface area (Å²) in [6.45, 7) is 1.75. The molecule has 0 radical (unpaired) electrons. The molecule has 5 rings (SSSR count). The number of rotatable bonds is 5. The molecule has 0 unspecified atom stereocenters. The number of hydrogen-bond donors (Lipinski definition) is 3. The zero-order valence-electron chi connectivity index (χ0n) is 17.7. The quantitative estimate of drug-likeness (QED) is 0.395. The molecule has 0 spiro atoms. The van der Waals surface area contributed by atoms with Gasteiger partial charge in [-0.15, -0.1) is 0 Å². The molecule has 0 aliphatic carbocycles. The summed E-state index contributed by atoms with van der Waals surface area (Å²) in [4.78, 5) is 30.2. The fourth-order valence-corrected chi connectivity index (χ4v) is 5.26. The first kappa shape index (κ1) is 21.0. The fraction of sp³-hybridized carbons (Fsp3) is 0.167. The normalized spacial score (nSPS) is 13.6. The maximum absolute atomic E-state index is 13.0. The molecule has 3 N–H and O–H groups in total. The van der Waals surface area contributed by atoms with Crippen LogP contribution < -0.4 is 20.7 Å². The highest BCUT2D eigenvalue weighted by Crippen LogP contribution is 2.31. The molecule has 4 aromatic rings. The van der Waals surface area contributed by atoms with Crippen LogP contribution in [0.2, 0.25) is 0 Å². The summed E-state index contributed by atoms with van der Waals surface area (Å²) >= 11 is 0. The molecule has 8 nitrogen and oxygen atoms in total. The average molecular weight is 463 g/mol. The summed E-state index contributed by atoms with van der Waals surface area (Å²) in [5, 5.41) is 0. The molecule has 9 heteroatoms. The Bertz CT molecular complexity index is 1560. The van der Waals surface area contributed by atoms with E-state index in [2.05, 4.69) is 31.7 Å². The molecule has 0 bridgehead atoms. The topological polar surface area (TPSA) is 115 Å². The van der Waals surface area contributed by atoms with Gasteiger partial charge in [-0.1, -0.05) is 30.3 Å². The minimum absolute atomic E-state index is 0.0128. The van der Waals surface area contributed by atoms with Crippen LogP contribution in [0.1, 0.15) is 17.5 Å². The molecule has 1 aliphatic rings. The number of hydrogen-bond acceptors (Lipinski definition) is 5. The molecule has 168 valence electrons. The van der Waals surface area contributed by atoms with Crippen LogP contribution in [0.4, 0.5) is 11.4 Å². The predicted molar refractivity (Wildman–Crippen MR) is 128 cm³/mol. The Balaban J connectivity index is 1.41. The number of benzene rings is 3. The summed E-state index contributed by atoms with van der Waals surface area (Å²) in [6, 6.07) is 20.0. The van der Waals surface area contributed by atoms with Gasteiger partial charge in [-0.05, 0) is 60.4 Å². The number of aryl methyl sites for hydroxylation is 1. The number of nitrogens with zero attached hydrogens (tertiary/aromatic N) is 1.